The van der Waals surface area contributed by atoms with E-state index in [0.717, 1.165) is 47.3 Å². The fourth-order valence-electron chi connectivity index (χ4n) is 5.93. The number of hydrogen-bond acceptors (Lipinski definition) is 10. The number of nitrogens with one attached hydrogen (secondary N) is 1. The molecule has 2 aliphatic heterocycles. The number of carbonyl (C=O) groups excluding carboxylic acids is 3. The maximum atomic E-state index is 13.1. The Morgan fingerprint density at radius 3 is 2.38 bits per heavy atom. The van der Waals surface area contributed by atoms with Gasteiger partial charge in [-0.1, -0.05) is 103 Å². The van der Waals surface area contributed by atoms with Crippen LogP contribution in [-0.4, -0.2) is 50.8 Å². The van der Waals surface area contributed by atoms with Gasteiger partial charge in [-0.2, -0.15) is 0 Å². The Bertz CT molecular complexity index is 1920. The van der Waals surface area contributed by atoms with E-state index in [2.05, 4.69) is 11.4 Å². The molecule has 2 aliphatic rings. The number of amides is 3. The highest BCUT2D eigenvalue weighted by molar-refractivity contribution is 8.01. The summed E-state index contributed by atoms with van der Waals surface area (Å²) in [6.45, 7) is 0.104. The van der Waals surface area contributed by atoms with Crippen LogP contribution in [-0.2, 0) is 43.6 Å². The molecule has 3 heterocycles. The zero-order valence-corrected chi connectivity index (χ0v) is 28.6. The van der Waals surface area contributed by atoms with Crippen LogP contribution in [0.15, 0.2) is 107 Å². The molecular formula is C38H35N3O7S2. The van der Waals surface area contributed by atoms with Gasteiger partial charge in [0.15, 0.2) is 10.6 Å². The van der Waals surface area contributed by atoms with E-state index in [4.69, 9.17) is 19.2 Å². The number of thioether (sulfide) groups is 1. The van der Waals surface area contributed by atoms with E-state index >= 15 is 0 Å². The van der Waals surface area contributed by atoms with Crippen molar-refractivity contribution in [3.05, 3.63) is 131 Å². The van der Waals surface area contributed by atoms with Crippen molar-refractivity contribution in [1.29, 1.82) is 0 Å². The van der Waals surface area contributed by atoms with Crippen LogP contribution in [0.2, 0.25) is 0 Å². The lowest BCUT2D eigenvalue weighted by atomic mass is 10.0. The van der Waals surface area contributed by atoms with Crippen LogP contribution in [0, 0.1) is 0 Å². The first-order chi connectivity index (χ1) is 24.4. The van der Waals surface area contributed by atoms with Crippen LogP contribution < -0.4 is 5.32 Å². The Morgan fingerprint density at radius 2 is 1.62 bits per heavy atom. The molecule has 0 radical (unpaired) electrons. The highest BCUT2D eigenvalue weighted by Gasteiger charge is 2.40. The summed E-state index contributed by atoms with van der Waals surface area (Å²) in [7, 11) is 0. The van der Waals surface area contributed by atoms with Gasteiger partial charge in [-0.05, 0) is 34.4 Å². The minimum atomic E-state index is -0.977. The number of benzene rings is 4. The Kier molecular flexibility index (Phi) is 10.5. The van der Waals surface area contributed by atoms with Gasteiger partial charge in [0, 0.05) is 17.7 Å². The lowest BCUT2D eigenvalue weighted by Gasteiger charge is -2.36. The highest BCUT2D eigenvalue weighted by Crippen LogP contribution is 2.40. The minimum Gasteiger partial charge on any atom is -0.445 e. The number of nitrogens with zero attached hydrogens (tertiary/aromatic N) is 2. The van der Waals surface area contributed by atoms with Gasteiger partial charge in [-0.15, -0.1) is 11.3 Å². The number of imide groups is 1. The molecule has 12 heteroatoms. The third-order valence-corrected chi connectivity index (χ3v) is 10.9. The molecule has 10 nitrogen and oxygen atoms in total. The summed E-state index contributed by atoms with van der Waals surface area (Å²) in [4.78, 5) is 44.1. The minimum absolute atomic E-state index is 0.0294. The van der Waals surface area contributed by atoms with Gasteiger partial charge >= 0.3 is 6.09 Å². The topological polar surface area (TPSA) is 127 Å². The Balaban J connectivity index is 0.993. The van der Waals surface area contributed by atoms with Crippen molar-refractivity contribution in [3.63, 3.8) is 0 Å². The zero-order chi connectivity index (χ0) is 34.5. The van der Waals surface area contributed by atoms with E-state index < -0.39 is 24.3 Å². The number of aromatic nitrogens is 1. The first-order valence-corrected chi connectivity index (χ1v) is 18.1. The fraction of sp³-hybridized carbons (Fsp3) is 0.263. The van der Waals surface area contributed by atoms with E-state index in [1.54, 1.807) is 23.1 Å². The monoisotopic (exact) mass is 709 g/mol. The van der Waals surface area contributed by atoms with Crippen LogP contribution in [0.5, 0.6) is 0 Å². The van der Waals surface area contributed by atoms with Crippen molar-refractivity contribution >= 4 is 51.2 Å². The number of para-hydroxylation sites is 1. The predicted octanol–water partition coefficient (Wildman–Crippen LogP) is 6.68. The largest absolute Gasteiger partial charge is 0.445 e. The molecule has 2 fully saturated rings. The second-order valence-electron chi connectivity index (χ2n) is 12.1. The number of carbonyl (C=O) groups is 3. The van der Waals surface area contributed by atoms with Crippen molar-refractivity contribution in [3.8, 4) is 0 Å². The second-order valence-corrected chi connectivity index (χ2v) is 14.4. The molecule has 0 aliphatic carbocycles. The number of rotatable bonds is 11. The van der Waals surface area contributed by atoms with E-state index in [9.17, 15) is 19.5 Å². The molecule has 5 aromatic rings. The summed E-state index contributed by atoms with van der Waals surface area (Å²) in [6.07, 6.45) is -1.23. The molecule has 4 atom stereocenters. The molecule has 3 amide bonds. The predicted molar refractivity (Wildman–Crippen MR) is 189 cm³/mol. The van der Waals surface area contributed by atoms with Crippen molar-refractivity contribution in [2.24, 2.45) is 0 Å². The average Bonchev–Trinajstić information content (AvgIpc) is 3.69. The maximum Gasteiger partial charge on any atom is 0.408 e. The molecule has 256 valence electrons. The van der Waals surface area contributed by atoms with Crippen molar-refractivity contribution in [2.75, 3.05) is 5.75 Å². The van der Waals surface area contributed by atoms with E-state index in [1.807, 2.05) is 97.1 Å². The Labute approximate surface area is 297 Å². The molecule has 0 saturated carbocycles. The molecule has 1 unspecified atom stereocenters. The van der Waals surface area contributed by atoms with Gasteiger partial charge in [0.2, 0.25) is 5.91 Å². The Hall–Kier alpha value is -4.59. The summed E-state index contributed by atoms with van der Waals surface area (Å²) in [5.41, 5.74) is 5.18. The maximum absolute atomic E-state index is 13.1. The van der Waals surface area contributed by atoms with E-state index in [0.29, 0.717) is 12.2 Å². The van der Waals surface area contributed by atoms with Gasteiger partial charge in [-0.3, -0.25) is 14.5 Å². The van der Waals surface area contributed by atoms with Crippen molar-refractivity contribution in [1.82, 2.24) is 15.2 Å². The van der Waals surface area contributed by atoms with Gasteiger partial charge in [0.05, 0.1) is 42.0 Å². The standard InChI is InChI=1S/C38H35N3O7S2/c42-21-25-12-14-27(15-13-25)32-18-29(23-49-38-40-30-8-4-5-9-33(30)50-38)47-36(48-32)28-16-10-24(11-17-28)20-41-34(43)19-31(35(41)44)39-37(45)46-22-26-6-2-1-3-7-26/h1-17,29,31-32,36,42H,18-23H2,(H,39,45)/t29-,31?,32+,36+/m1/s1. The molecule has 2 saturated heterocycles. The summed E-state index contributed by atoms with van der Waals surface area (Å²) in [5, 5.41) is 12.1. The normalized spacial score (nSPS) is 20.7. The third kappa shape index (κ3) is 8.06. The van der Waals surface area contributed by atoms with Crippen LogP contribution in [0.25, 0.3) is 10.2 Å². The molecule has 4 aromatic carbocycles. The highest BCUT2D eigenvalue weighted by atomic mass is 32.2. The molecule has 50 heavy (non-hydrogen) atoms. The molecule has 2 N–H and O–H groups in total. The van der Waals surface area contributed by atoms with Crippen LogP contribution >= 0.6 is 23.1 Å². The van der Waals surface area contributed by atoms with E-state index in [-0.39, 0.29) is 44.3 Å². The van der Waals surface area contributed by atoms with Crippen LogP contribution in [0.4, 0.5) is 4.79 Å². The number of likely N-dealkylation sites (tertiary alicyclic amines) is 1. The van der Waals surface area contributed by atoms with Gasteiger partial charge in [0.25, 0.3) is 5.91 Å². The van der Waals surface area contributed by atoms with Gasteiger partial charge < -0.3 is 24.6 Å². The van der Waals surface area contributed by atoms with Crippen molar-refractivity contribution in [2.45, 2.75) is 61.5 Å². The first kappa shape index (κ1) is 33.9. The lowest BCUT2D eigenvalue weighted by Crippen LogP contribution is -2.41. The Morgan fingerprint density at radius 1 is 0.900 bits per heavy atom. The smallest absolute Gasteiger partial charge is 0.408 e. The molecule has 7 rings (SSSR count). The van der Waals surface area contributed by atoms with E-state index in [1.165, 1.54) is 0 Å². The average molecular weight is 710 g/mol. The van der Waals surface area contributed by atoms with Gasteiger partial charge in [-0.25, -0.2) is 9.78 Å². The quantitative estimate of drug-likeness (QED) is 0.114. The zero-order valence-electron chi connectivity index (χ0n) is 27.0. The van der Waals surface area contributed by atoms with Gasteiger partial charge in [0.1, 0.15) is 12.6 Å². The summed E-state index contributed by atoms with van der Waals surface area (Å²) >= 11 is 3.34. The number of alkyl carbamates (subject to hydrolysis) is 1. The number of aliphatic hydroxyl groups is 1. The fourth-order valence-corrected chi connectivity index (χ4v) is 8.04. The number of fused-ring (bicyclic) bond motifs is 1. The molecule has 0 spiro atoms. The van der Waals surface area contributed by atoms with Crippen LogP contribution in [0.3, 0.4) is 0 Å². The summed E-state index contributed by atoms with van der Waals surface area (Å²) in [5.74, 6) is -0.148. The number of thiazole rings is 1. The molecule has 1 aromatic heterocycles. The first-order valence-electron chi connectivity index (χ1n) is 16.3. The third-order valence-electron chi connectivity index (χ3n) is 8.62. The second kappa shape index (κ2) is 15.5. The summed E-state index contributed by atoms with van der Waals surface area (Å²) in [6, 6.07) is 31.6. The number of aliphatic hydroxyl groups excluding tert-OH is 1. The van der Waals surface area contributed by atoms with Crippen molar-refractivity contribution < 1.29 is 33.7 Å². The molecular weight excluding hydrogens is 675 g/mol. The lowest BCUT2D eigenvalue weighted by molar-refractivity contribution is -0.245. The summed E-state index contributed by atoms with van der Waals surface area (Å²) < 4.78 is 20.3. The molecule has 0 bridgehead atoms. The number of ether oxygens (including phenoxy) is 3. The number of hydrogen-bond donors (Lipinski definition) is 2. The van der Waals surface area contributed by atoms with Crippen LogP contribution in [0.1, 0.15) is 53.1 Å². The SMILES string of the molecule is O=C(NC1CC(=O)N(Cc2ccc([C@H]3O[C@@H](CSc4nc5ccccc5s4)C[C@@H](c4ccc(CO)cc4)O3)cc2)C1=O)OCc1ccccc1.